The van der Waals surface area contributed by atoms with E-state index in [1.165, 1.54) is 6.07 Å². The standard InChI is InChI=1S/C15H18N4O2/c1-8-5-9(2)19-15(13(8)14(17)21)18-7-10-6-11(16)3-4-12(10)20/h3-6,20H,7,16H2,1-2H3,(H2,17,21)(H,18,19). The van der Waals surface area contributed by atoms with Gasteiger partial charge in [0, 0.05) is 23.5 Å². The minimum atomic E-state index is -0.542. The minimum Gasteiger partial charge on any atom is -0.508 e. The Labute approximate surface area is 122 Å². The van der Waals surface area contributed by atoms with E-state index in [1.54, 1.807) is 25.1 Å². The zero-order chi connectivity index (χ0) is 15.6. The molecule has 1 amide bonds. The molecule has 0 spiro atoms. The van der Waals surface area contributed by atoms with Crippen LogP contribution < -0.4 is 16.8 Å². The van der Waals surface area contributed by atoms with Gasteiger partial charge in [-0.15, -0.1) is 0 Å². The molecule has 6 N–H and O–H groups in total. The van der Waals surface area contributed by atoms with Crippen LogP contribution in [-0.4, -0.2) is 16.0 Å². The highest BCUT2D eigenvalue weighted by molar-refractivity contribution is 5.99. The lowest BCUT2D eigenvalue weighted by Gasteiger charge is -2.13. The van der Waals surface area contributed by atoms with E-state index in [0.29, 0.717) is 22.6 Å². The maximum absolute atomic E-state index is 11.6. The minimum absolute atomic E-state index is 0.127. The van der Waals surface area contributed by atoms with E-state index in [4.69, 9.17) is 11.5 Å². The van der Waals surface area contributed by atoms with E-state index in [9.17, 15) is 9.90 Å². The van der Waals surface area contributed by atoms with Gasteiger partial charge in [0.25, 0.3) is 5.91 Å². The molecule has 110 valence electrons. The zero-order valence-corrected chi connectivity index (χ0v) is 12.0. The monoisotopic (exact) mass is 286 g/mol. The van der Waals surface area contributed by atoms with Crippen molar-refractivity contribution in [1.29, 1.82) is 0 Å². The van der Waals surface area contributed by atoms with Gasteiger partial charge >= 0.3 is 0 Å². The van der Waals surface area contributed by atoms with Crippen LogP contribution in [0.2, 0.25) is 0 Å². The molecule has 2 rings (SSSR count). The van der Waals surface area contributed by atoms with Gasteiger partial charge in [0.2, 0.25) is 0 Å². The highest BCUT2D eigenvalue weighted by Gasteiger charge is 2.14. The van der Waals surface area contributed by atoms with Crippen molar-refractivity contribution < 1.29 is 9.90 Å². The van der Waals surface area contributed by atoms with Gasteiger partial charge in [-0.05, 0) is 43.7 Å². The molecule has 2 aromatic rings. The fourth-order valence-electron chi connectivity index (χ4n) is 2.20. The van der Waals surface area contributed by atoms with Crippen LogP contribution in [0.15, 0.2) is 24.3 Å². The number of nitrogen functional groups attached to an aromatic ring is 1. The van der Waals surface area contributed by atoms with Gasteiger partial charge in [0.15, 0.2) is 0 Å². The number of nitrogens with two attached hydrogens (primary N) is 2. The zero-order valence-electron chi connectivity index (χ0n) is 12.0. The number of nitrogens with one attached hydrogen (secondary N) is 1. The van der Waals surface area contributed by atoms with Crippen LogP contribution in [0.1, 0.15) is 27.2 Å². The fraction of sp³-hybridized carbons (Fsp3) is 0.200. The SMILES string of the molecule is Cc1cc(C)c(C(N)=O)c(NCc2cc(N)ccc2O)n1. The largest absolute Gasteiger partial charge is 0.508 e. The maximum Gasteiger partial charge on any atom is 0.252 e. The number of pyridine rings is 1. The predicted molar refractivity (Wildman–Crippen MR) is 82.1 cm³/mol. The third-order valence-electron chi connectivity index (χ3n) is 3.14. The molecule has 0 aliphatic carbocycles. The van der Waals surface area contributed by atoms with Gasteiger partial charge < -0.3 is 21.9 Å². The van der Waals surface area contributed by atoms with Crippen LogP contribution in [0.5, 0.6) is 5.75 Å². The number of carbonyl (C=O) groups excluding carboxylic acids is 1. The van der Waals surface area contributed by atoms with Crippen molar-refractivity contribution in [2.24, 2.45) is 5.73 Å². The molecule has 21 heavy (non-hydrogen) atoms. The Hall–Kier alpha value is -2.76. The highest BCUT2D eigenvalue weighted by Crippen LogP contribution is 2.23. The quantitative estimate of drug-likeness (QED) is 0.504. The predicted octanol–water partition coefficient (Wildman–Crippen LogP) is 1.70. The average Bonchev–Trinajstić information content (AvgIpc) is 2.38. The van der Waals surface area contributed by atoms with Crippen molar-refractivity contribution in [2.45, 2.75) is 20.4 Å². The number of anilines is 2. The summed E-state index contributed by atoms with van der Waals surface area (Å²) in [5, 5.41) is 12.8. The Kier molecular flexibility index (Phi) is 3.98. The molecule has 0 radical (unpaired) electrons. The molecule has 0 fully saturated rings. The summed E-state index contributed by atoms with van der Waals surface area (Å²) in [5.74, 6) is -0.0113. The number of primary amides is 1. The van der Waals surface area contributed by atoms with Crippen molar-refractivity contribution in [2.75, 3.05) is 11.1 Å². The number of rotatable bonds is 4. The first-order valence-corrected chi connectivity index (χ1v) is 6.47. The van der Waals surface area contributed by atoms with Crippen molar-refractivity contribution in [3.63, 3.8) is 0 Å². The van der Waals surface area contributed by atoms with E-state index >= 15 is 0 Å². The van der Waals surface area contributed by atoms with Gasteiger partial charge in [-0.1, -0.05) is 0 Å². The van der Waals surface area contributed by atoms with E-state index in [-0.39, 0.29) is 12.3 Å². The number of aryl methyl sites for hydroxylation is 2. The molecule has 1 aromatic carbocycles. The third-order valence-corrected chi connectivity index (χ3v) is 3.14. The first-order chi connectivity index (χ1) is 9.88. The third kappa shape index (κ3) is 3.22. The normalized spacial score (nSPS) is 10.4. The summed E-state index contributed by atoms with van der Waals surface area (Å²) in [5.41, 5.74) is 14.1. The van der Waals surface area contributed by atoms with Crippen LogP contribution in [0.4, 0.5) is 11.5 Å². The molecular weight excluding hydrogens is 268 g/mol. The first kappa shape index (κ1) is 14.6. The van der Waals surface area contributed by atoms with Gasteiger partial charge in [0.1, 0.15) is 11.6 Å². The molecule has 0 aliphatic heterocycles. The highest BCUT2D eigenvalue weighted by atomic mass is 16.3. The Morgan fingerprint density at radius 3 is 2.71 bits per heavy atom. The first-order valence-electron chi connectivity index (χ1n) is 6.47. The summed E-state index contributed by atoms with van der Waals surface area (Å²) in [6.07, 6.45) is 0. The molecule has 0 unspecified atom stereocenters. The maximum atomic E-state index is 11.6. The number of aromatic nitrogens is 1. The summed E-state index contributed by atoms with van der Waals surface area (Å²) in [4.78, 5) is 15.9. The molecule has 1 aromatic heterocycles. The number of carbonyl (C=O) groups is 1. The molecule has 0 aliphatic rings. The number of hydrogen-bond acceptors (Lipinski definition) is 5. The molecule has 1 heterocycles. The fourth-order valence-corrected chi connectivity index (χ4v) is 2.20. The van der Waals surface area contributed by atoms with Crippen LogP contribution in [-0.2, 0) is 6.54 Å². The van der Waals surface area contributed by atoms with Crippen LogP contribution in [0.25, 0.3) is 0 Å². The number of amides is 1. The van der Waals surface area contributed by atoms with Crippen molar-refractivity contribution in [3.8, 4) is 5.75 Å². The number of hydrogen-bond donors (Lipinski definition) is 4. The number of nitrogens with zero attached hydrogens (tertiary/aromatic N) is 1. The second-order valence-corrected chi connectivity index (χ2v) is 4.91. The van der Waals surface area contributed by atoms with E-state index < -0.39 is 5.91 Å². The van der Waals surface area contributed by atoms with Crippen molar-refractivity contribution in [3.05, 3.63) is 46.6 Å². The van der Waals surface area contributed by atoms with E-state index in [0.717, 1.165) is 11.3 Å². The number of benzene rings is 1. The van der Waals surface area contributed by atoms with Gasteiger partial charge in [-0.25, -0.2) is 4.98 Å². The molecule has 0 saturated carbocycles. The second-order valence-electron chi connectivity index (χ2n) is 4.91. The van der Waals surface area contributed by atoms with Crippen LogP contribution in [0, 0.1) is 13.8 Å². The van der Waals surface area contributed by atoms with Crippen molar-refractivity contribution in [1.82, 2.24) is 4.98 Å². The van der Waals surface area contributed by atoms with Crippen LogP contribution >= 0.6 is 0 Å². The van der Waals surface area contributed by atoms with Crippen LogP contribution in [0.3, 0.4) is 0 Å². The molecule has 6 heteroatoms. The number of phenolic OH excluding ortho intramolecular Hbond substituents is 1. The second kappa shape index (κ2) is 5.70. The smallest absolute Gasteiger partial charge is 0.252 e. The summed E-state index contributed by atoms with van der Waals surface area (Å²) in [6.45, 7) is 3.92. The topological polar surface area (TPSA) is 114 Å². The lowest BCUT2D eigenvalue weighted by Crippen LogP contribution is -2.17. The van der Waals surface area contributed by atoms with Crippen molar-refractivity contribution >= 4 is 17.4 Å². The summed E-state index contributed by atoms with van der Waals surface area (Å²) < 4.78 is 0. The number of phenols is 1. The Morgan fingerprint density at radius 1 is 1.33 bits per heavy atom. The molecule has 6 nitrogen and oxygen atoms in total. The lowest BCUT2D eigenvalue weighted by molar-refractivity contribution is 0.1000. The Morgan fingerprint density at radius 2 is 2.05 bits per heavy atom. The van der Waals surface area contributed by atoms with Gasteiger partial charge in [0.05, 0.1) is 5.56 Å². The number of aromatic hydroxyl groups is 1. The molecule has 0 bridgehead atoms. The lowest BCUT2D eigenvalue weighted by atomic mass is 10.1. The Bertz CT molecular complexity index is 698. The molecular formula is C15H18N4O2. The average molecular weight is 286 g/mol. The van der Waals surface area contributed by atoms with E-state index in [1.807, 2.05) is 6.92 Å². The summed E-state index contributed by atoms with van der Waals surface area (Å²) in [7, 11) is 0. The Balaban J connectivity index is 2.31. The molecule has 0 saturated heterocycles. The summed E-state index contributed by atoms with van der Waals surface area (Å²) in [6, 6.07) is 6.59. The van der Waals surface area contributed by atoms with Gasteiger partial charge in [-0.3, -0.25) is 4.79 Å². The summed E-state index contributed by atoms with van der Waals surface area (Å²) >= 11 is 0. The van der Waals surface area contributed by atoms with Gasteiger partial charge in [-0.2, -0.15) is 0 Å². The molecule has 0 atom stereocenters. The van der Waals surface area contributed by atoms with E-state index in [2.05, 4.69) is 10.3 Å².